The zero-order chi connectivity index (χ0) is 18.4. The van der Waals surface area contributed by atoms with E-state index < -0.39 is 0 Å². The maximum atomic E-state index is 4.70. The molecule has 2 unspecified atom stereocenters. The lowest BCUT2D eigenvalue weighted by molar-refractivity contribution is 0.0483. The van der Waals surface area contributed by atoms with Crippen LogP contribution < -0.4 is 10.6 Å². The highest BCUT2D eigenvalue weighted by molar-refractivity contribution is 7.11. The van der Waals surface area contributed by atoms with Crippen LogP contribution in [0.15, 0.2) is 11.2 Å². The van der Waals surface area contributed by atoms with Gasteiger partial charge in [0, 0.05) is 42.8 Å². The molecular formula is C19H35N5S. The van der Waals surface area contributed by atoms with E-state index in [0.717, 1.165) is 35.9 Å². The summed E-state index contributed by atoms with van der Waals surface area (Å²) in [5, 5.41) is 7.95. The van der Waals surface area contributed by atoms with Crippen molar-refractivity contribution < 1.29 is 0 Å². The lowest BCUT2D eigenvalue weighted by Crippen LogP contribution is -2.57. The number of nitrogens with zero attached hydrogens (tertiary/aromatic N) is 3. The Hall–Kier alpha value is -1.14. The third-order valence-electron chi connectivity index (χ3n) is 4.80. The van der Waals surface area contributed by atoms with Gasteiger partial charge in [-0.3, -0.25) is 4.90 Å². The number of rotatable bonds is 6. The minimum atomic E-state index is 0.108. The normalized spacial score (nSPS) is 22.9. The number of hydrogen-bond acceptors (Lipinski definition) is 4. The fourth-order valence-corrected chi connectivity index (χ4v) is 4.24. The number of aryl methyl sites for hydroxylation is 1. The first-order valence-corrected chi connectivity index (χ1v) is 10.3. The topological polar surface area (TPSA) is 52.6 Å². The maximum Gasteiger partial charge on any atom is 0.191 e. The monoisotopic (exact) mass is 365 g/mol. The van der Waals surface area contributed by atoms with Crippen LogP contribution in [0.2, 0.25) is 0 Å². The van der Waals surface area contributed by atoms with E-state index in [1.165, 1.54) is 24.4 Å². The number of nitrogens with one attached hydrogen (secondary N) is 2. The fourth-order valence-electron chi connectivity index (χ4n) is 3.53. The standard InChI is InChI=1S/C19H35N5S/c1-7-20-18(22-10-17-21-9-16(4)25-17)23-13-19(5,6)24-11-14(2)8-15(3)12-24/h9,14-15H,7-8,10-13H2,1-6H3,(H2,20,22,23). The Morgan fingerprint density at radius 1 is 1.32 bits per heavy atom. The summed E-state index contributed by atoms with van der Waals surface area (Å²) in [5.41, 5.74) is 0.108. The highest BCUT2D eigenvalue weighted by Crippen LogP contribution is 2.26. The Kier molecular flexibility index (Phi) is 7.25. The van der Waals surface area contributed by atoms with Gasteiger partial charge in [-0.2, -0.15) is 0 Å². The van der Waals surface area contributed by atoms with Crippen molar-refractivity contribution >= 4 is 17.3 Å². The summed E-state index contributed by atoms with van der Waals surface area (Å²) in [4.78, 5) is 13.0. The molecule has 0 radical (unpaired) electrons. The lowest BCUT2D eigenvalue weighted by Gasteiger charge is -2.45. The summed E-state index contributed by atoms with van der Waals surface area (Å²) in [6.45, 7) is 18.3. The average molecular weight is 366 g/mol. The van der Waals surface area contributed by atoms with E-state index in [4.69, 9.17) is 4.99 Å². The summed E-state index contributed by atoms with van der Waals surface area (Å²) in [6.07, 6.45) is 3.26. The molecule has 0 saturated carbocycles. The average Bonchev–Trinajstić information content (AvgIpc) is 2.95. The van der Waals surface area contributed by atoms with Crippen molar-refractivity contribution in [2.75, 3.05) is 26.2 Å². The summed E-state index contributed by atoms with van der Waals surface area (Å²) < 4.78 is 0. The first-order valence-electron chi connectivity index (χ1n) is 9.48. The van der Waals surface area contributed by atoms with Crippen molar-refractivity contribution in [1.82, 2.24) is 20.5 Å². The molecule has 1 aliphatic rings. The lowest BCUT2D eigenvalue weighted by atomic mass is 9.88. The molecule has 0 aromatic carbocycles. The van der Waals surface area contributed by atoms with Crippen LogP contribution in [0.1, 0.15) is 50.9 Å². The molecule has 0 amide bonds. The van der Waals surface area contributed by atoms with Gasteiger partial charge in [0.15, 0.2) is 5.96 Å². The van der Waals surface area contributed by atoms with Gasteiger partial charge >= 0.3 is 0 Å². The predicted octanol–water partition coefficient (Wildman–Crippen LogP) is 3.26. The quantitative estimate of drug-likeness (QED) is 0.600. The number of thiazole rings is 1. The third kappa shape index (κ3) is 6.26. The Bertz CT molecular complexity index is 556. The number of likely N-dealkylation sites (tertiary alicyclic amines) is 1. The summed E-state index contributed by atoms with van der Waals surface area (Å²) in [7, 11) is 0. The zero-order valence-electron chi connectivity index (χ0n) is 16.7. The van der Waals surface area contributed by atoms with Gasteiger partial charge < -0.3 is 10.6 Å². The van der Waals surface area contributed by atoms with Crippen LogP contribution in [-0.4, -0.2) is 47.6 Å². The Balaban J connectivity index is 1.94. The van der Waals surface area contributed by atoms with Crippen LogP contribution in [0, 0.1) is 18.8 Å². The van der Waals surface area contributed by atoms with Gasteiger partial charge in [-0.05, 0) is 46.0 Å². The largest absolute Gasteiger partial charge is 0.357 e. The molecule has 0 bridgehead atoms. The van der Waals surface area contributed by atoms with E-state index in [-0.39, 0.29) is 5.54 Å². The summed E-state index contributed by atoms with van der Waals surface area (Å²) in [6, 6.07) is 0. The Labute approximate surface area is 157 Å². The third-order valence-corrected chi connectivity index (χ3v) is 5.70. The molecule has 0 aliphatic carbocycles. The van der Waals surface area contributed by atoms with Crippen LogP contribution in [0.25, 0.3) is 0 Å². The van der Waals surface area contributed by atoms with Crippen molar-refractivity contribution in [3.63, 3.8) is 0 Å². The van der Waals surface area contributed by atoms with E-state index in [2.05, 4.69) is 62.1 Å². The number of piperidine rings is 1. The van der Waals surface area contributed by atoms with Crippen molar-refractivity contribution in [3.05, 3.63) is 16.1 Å². The molecule has 1 aromatic heterocycles. The zero-order valence-corrected chi connectivity index (χ0v) is 17.5. The van der Waals surface area contributed by atoms with Gasteiger partial charge in [-0.1, -0.05) is 13.8 Å². The fraction of sp³-hybridized carbons (Fsp3) is 0.789. The van der Waals surface area contributed by atoms with E-state index in [0.29, 0.717) is 6.54 Å². The summed E-state index contributed by atoms with van der Waals surface area (Å²) >= 11 is 1.71. The molecule has 2 atom stereocenters. The molecule has 1 aliphatic heterocycles. The molecule has 2 N–H and O–H groups in total. The number of hydrogen-bond donors (Lipinski definition) is 2. The van der Waals surface area contributed by atoms with Crippen molar-refractivity contribution in [2.45, 2.75) is 60.0 Å². The highest BCUT2D eigenvalue weighted by atomic mass is 32.1. The van der Waals surface area contributed by atoms with Crippen molar-refractivity contribution in [2.24, 2.45) is 16.8 Å². The second-order valence-electron chi connectivity index (χ2n) is 8.08. The minimum absolute atomic E-state index is 0.108. The molecule has 1 fully saturated rings. The van der Waals surface area contributed by atoms with Gasteiger partial charge in [-0.15, -0.1) is 11.3 Å². The predicted molar refractivity (Wildman–Crippen MR) is 108 cm³/mol. The summed E-state index contributed by atoms with van der Waals surface area (Å²) in [5.74, 6) is 2.43. The molecule has 0 spiro atoms. The molecule has 1 aromatic rings. The molecular weight excluding hydrogens is 330 g/mol. The van der Waals surface area contributed by atoms with Crippen LogP contribution >= 0.6 is 11.3 Å². The van der Waals surface area contributed by atoms with E-state index in [1.54, 1.807) is 11.3 Å². The highest BCUT2D eigenvalue weighted by Gasteiger charge is 2.32. The van der Waals surface area contributed by atoms with E-state index in [1.807, 2.05) is 6.20 Å². The number of aromatic nitrogens is 1. The van der Waals surface area contributed by atoms with Gasteiger partial charge in [0.1, 0.15) is 5.01 Å². The van der Waals surface area contributed by atoms with E-state index in [9.17, 15) is 0 Å². The van der Waals surface area contributed by atoms with Gasteiger partial charge in [0.25, 0.3) is 0 Å². The first kappa shape index (κ1) is 20.2. The maximum absolute atomic E-state index is 4.70. The minimum Gasteiger partial charge on any atom is -0.357 e. The molecule has 6 heteroatoms. The van der Waals surface area contributed by atoms with Crippen molar-refractivity contribution in [1.29, 1.82) is 0 Å². The van der Waals surface area contributed by atoms with E-state index >= 15 is 0 Å². The second-order valence-corrected chi connectivity index (χ2v) is 9.40. The van der Waals surface area contributed by atoms with Gasteiger partial charge in [0.05, 0.1) is 6.54 Å². The number of aliphatic imine (C=N–C) groups is 1. The van der Waals surface area contributed by atoms with Crippen molar-refractivity contribution in [3.8, 4) is 0 Å². The molecule has 25 heavy (non-hydrogen) atoms. The van der Waals surface area contributed by atoms with Crippen LogP contribution in [0.4, 0.5) is 0 Å². The van der Waals surface area contributed by atoms with Crippen LogP contribution in [-0.2, 0) is 6.54 Å². The SMILES string of the molecule is CCNC(=NCc1ncc(C)s1)NCC(C)(C)N1CC(C)CC(C)C1. The molecule has 2 rings (SSSR count). The van der Waals surface area contributed by atoms with Gasteiger partial charge in [0.2, 0.25) is 0 Å². The molecule has 142 valence electrons. The first-order chi connectivity index (χ1) is 11.8. The molecule has 2 heterocycles. The smallest absolute Gasteiger partial charge is 0.191 e. The van der Waals surface area contributed by atoms with Crippen LogP contribution in [0.3, 0.4) is 0 Å². The van der Waals surface area contributed by atoms with Crippen LogP contribution in [0.5, 0.6) is 0 Å². The second kappa shape index (κ2) is 8.99. The Morgan fingerprint density at radius 2 is 2.00 bits per heavy atom. The van der Waals surface area contributed by atoms with Gasteiger partial charge in [-0.25, -0.2) is 9.98 Å². The number of guanidine groups is 1. The molecule has 5 nitrogen and oxygen atoms in total. The Morgan fingerprint density at radius 3 is 2.56 bits per heavy atom. The molecule has 1 saturated heterocycles.